The molecule has 0 saturated carbocycles. The van der Waals surface area contributed by atoms with Crippen LogP contribution in [0.5, 0.6) is 0 Å². The van der Waals surface area contributed by atoms with E-state index in [2.05, 4.69) is 0 Å². The molecule has 0 aromatic carbocycles. The van der Waals surface area contributed by atoms with Gasteiger partial charge in [0, 0.05) is 13.0 Å². The minimum atomic E-state index is -0.542. The summed E-state index contributed by atoms with van der Waals surface area (Å²) < 4.78 is 16.1. The van der Waals surface area contributed by atoms with Crippen molar-refractivity contribution in [3.8, 4) is 0 Å². The van der Waals surface area contributed by atoms with Crippen LogP contribution >= 0.6 is 0 Å². The van der Waals surface area contributed by atoms with Crippen LogP contribution in [0.2, 0.25) is 0 Å². The van der Waals surface area contributed by atoms with Gasteiger partial charge < -0.3 is 19.0 Å². The third kappa shape index (κ3) is 2.53. The summed E-state index contributed by atoms with van der Waals surface area (Å²) in [4.78, 5) is 10.7. The molecule has 0 bridgehead atoms. The smallest absolute Gasteiger partial charge is 0.163 e. The second-order valence-corrected chi connectivity index (χ2v) is 4.06. The lowest BCUT2D eigenvalue weighted by atomic mass is 9.99. The van der Waals surface area contributed by atoms with Gasteiger partial charge in [-0.2, -0.15) is 0 Å². The maximum Gasteiger partial charge on any atom is 0.163 e. The Kier molecular flexibility index (Phi) is 3.64. The van der Waals surface area contributed by atoms with Crippen molar-refractivity contribution in [2.45, 2.75) is 38.8 Å². The van der Waals surface area contributed by atoms with Crippen molar-refractivity contribution in [1.29, 1.82) is 0 Å². The van der Waals surface area contributed by atoms with Gasteiger partial charge in [-0.1, -0.05) is 6.92 Å². The molecule has 4 nitrogen and oxygen atoms in total. The van der Waals surface area contributed by atoms with Crippen molar-refractivity contribution >= 4 is 6.29 Å². The molecule has 0 unspecified atom stereocenters. The Labute approximate surface area is 84.5 Å². The van der Waals surface area contributed by atoms with Gasteiger partial charge >= 0.3 is 0 Å². The van der Waals surface area contributed by atoms with E-state index in [0.29, 0.717) is 6.61 Å². The minimum absolute atomic E-state index is 0.0132. The number of aldehydes is 1. The van der Waals surface area contributed by atoms with Gasteiger partial charge in [0.2, 0.25) is 0 Å². The van der Waals surface area contributed by atoms with E-state index in [1.54, 1.807) is 0 Å². The predicted molar refractivity (Wildman–Crippen MR) is 50.9 cm³/mol. The van der Waals surface area contributed by atoms with Crippen molar-refractivity contribution < 1.29 is 19.0 Å². The molecule has 1 heterocycles. The Morgan fingerprint density at radius 1 is 1.57 bits per heavy atom. The quantitative estimate of drug-likeness (QED) is 0.638. The highest BCUT2D eigenvalue weighted by Gasteiger charge is 2.38. The highest BCUT2D eigenvalue weighted by Crippen LogP contribution is 2.28. The van der Waals surface area contributed by atoms with Gasteiger partial charge in [-0.25, -0.2) is 0 Å². The lowest BCUT2D eigenvalue weighted by Crippen LogP contribution is -2.34. The molecule has 0 aromatic heterocycles. The highest BCUT2D eigenvalue weighted by atomic mass is 16.7. The fourth-order valence-corrected chi connectivity index (χ4v) is 1.58. The van der Waals surface area contributed by atoms with Crippen LogP contribution in [-0.2, 0) is 19.0 Å². The first-order valence-electron chi connectivity index (χ1n) is 4.80. The molecule has 82 valence electrons. The number of methoxy groups -OCH3 is 1. The fourth-order valence-electron chi connectivity index (χ4n) is 1.58. The fraction of sp³-hybridized carbons (Fsp3) is 0.900. The van der Waals surface area contributed by atoms with Crippen LogP contribution in [0.3, 0.4) is 0 Å². The second-order valence-electron chi connectivity index (χ2n) is 4.06. The summed E-state index contributed by atoms with van der Waals surface area (Å²) in [6, 6.07) is 0. The SMILES string of the molecule is CO[C@@H](C=O)[C@@H](C)[C@@H]1COC(C)(C)O1. The van der Waals surface area contributed by atoms with Crippen LogP contribution in [0.15, 0.2) is 0 Å². The number of hydrogen-bond acceptors (Lipinski definition) is 4. The van der Waals surface area contributed by atoms with E-state index < -0.39 is 11.9 Å². The monoisotopic (exact) mass is 202 g/mol. The Bertz CT molecular complexity index is 202. The lowest BCUT2D eigenvalue weighted by molar-refractivity contribution is -0.152. The first-order chi connectivity index (χ1) is 6.50. The van der Waals surface area contributed by atoms with Crippen LogP contribution in [0.1, 0.15) is 20.8 Å². The van der Waals surface area contributed by atoms with Crippen molar-refractivity contribution in [2.24, 2.45) is 5.92 Å². The lowest BCUT2D eigenvalue weighted by Gasteiger charge is -2.24. The first kappa shape index (κ1) is 11.6. The zero-order valence-corrected chi connectivity index (χ0v) is 9.15. The van der Waals surface area contributed by atoms with E-state index >= 15 is 0 Å². The molecule has 0 amide bonds. The van der Waals surface area contributed by atoms with Gasteiger partial charge in [-0.05, 0) is 13.8 Å². The van der Waals surface area contributed by atoms with Crippen molar-refractivity contribution in [2.75, 3.05) is 13.7 Å². The first-order valence-corrected chi connectivity index (χ1v) is 4.80. The Balaban J connectivity index is 2.54. The average Bonchev–Trinajstić information content (AvgIpc) is 2.48. The zero-order chi connectivity index (χ0) is 10.8. The Morgan fingerprint density at radius 2 is 2.21 bits per heavy atom. The molecule has 0 aromatic rings. The van der Waals surface area contributed by atoms with Crippen LogP contribution in [0.4, 0.5) is 0 Å². The molecular formula is C10H18O4. The topological polar surface area (TPSA) is 44.8 Å². The Hall–Kier alpha value is -0.450. The van der Waals surface area contributed by atoms with Gasteiger partial charge in [0.05, 0.1) is 12.7 Å². The maximum atomic E-state index is 10.7. The summed E-state index contributed by atoms with van der Waals surface area (Å²) in [7, 11) is 1.52. The maximum absolute atomic E-state index is 10.7. The molecule has 4 heteroatoms. The minimum Gasteiger partial charge on any atom is -0.374 e. The largest absolute Gasteiger partial charge is 0.374 e. The summed E-state index contributed by atoms with van der Waals surface area (Å²) in [6.07, 6.45) is 0.317. The van der Waals surface area contributed by atoms with E-state index in [4.69, 9.17) is 14.2 Å². The number of rotatable bonds is 4. The molecule has 0 N–H and O–H groups in total. The summed E-state index contributed by atoms with van der Waals surface area (Å²) in [5.74, 6) is -0.528. The van der Waals surface area contributed by atoms with Crippen LogP contribution in [-0.4, -0.2) is 38.0 Å². The highest BCUT2D eigenvalue weighted by molar-refractivity contribution is 5.56. The second kappa shape index (κ2) is 4.38. The van der Waals surface area contributed by atoms with Gasteiger partial charge in [0.25, 0.3) is 0 Å². The van der Waals surface area contributed by atoms with Gasteiger partial charge in [0.15, 0.2) is 5.79 Å². The Morgan fingerprint density at radius 3 is 2.57 bits per heavy atom. The molecule has 0 radical (unpaired) electrons. The summed E-state index contributed by atoms with van der Waals surface area (Å²) >= 11 is 0. The summed E-state index contributed by atoms with van der Waals surface area (Å²) in [6.45, 7) is 6.17. The summed E-state index contributed by atoms with van der Waals surface area (Å²) in [5, 5.41) is 0. The zero-order valence-electron chi connectivity index (χ0n) is 9.15. The van der Waals surface area contributed by atoms with E-state index in [1.165, 1.54) is 7.11 Å². The number of carbonyl (C=O) groups is 1. The van der Waals surface area contributed by atoms with Gasteiger partial charge in [0.1, 0.15) is 12.4 Å². The molecule has 3 atom stereocenters. The standard InChI is InChI=1S/C10H18O4/c1-7(8(5-11)12-4)9-6-13-10(2,3)14-9/h5,7-9H,6H2,1-4H3/t7-,8+,9+/m1/s1. The third-order valence-electron chi connectivity index (χ3n) is 2.54. The molecule has 1 rings (SSSR count). The van der Waals surface area contributed by atoms with E-state index in [-0.39, 0.29) is 12.0 Å². The van der Waals surface area contributed by atoms with E-state index in [1.807, 2.05) is 20.8 Å². The summed E-state index contributed by atoms with van der Waals surface area (Å²) in [5.41, 5.74) is 0. The molecule has 1 aliphatic heterocycles. The van der Waals surface area contributed by atoms with Crippen LogP contribution < -0.4 is 0 Å². The molecule has 1 fully saturated rings. The van der Waals surface area contributed by atoms with Crippen molar-refractivity contribution in [1.82, 2.24) is 0 Å². The van der Waals surface area contributed by atoms with Gasteiger partial charge in [-0.3, -0.25) is 0 Å². The van der Waals surface area contributed by atoms with Crippen LogP contribution in [0, 0.1) is 5.92 Å². The average molecular weight is 202 g/mol. The third-order valence-corrected chi connectivity index (χ3v) is 2.54. The van der Waals surface area contributed by atoms with Crippen LogP contribution in [0.25, 0.3) is 0 Å². The molecule has 0 aliphatic carbocycles. The van der Waals surface area contributed by atoms with Gasteiger partial charge in [-0.15, -0.1) is 0 Å². The molecule has 0 spiro atoms. The molecule has 1 aliphatic rings. The number of carbonyl (C=O) groups excluding carboxylic acids is 1. The number of hydrogen-bond donors (Lipinski definition) is 0. The van der Waals surface area contributed by atoms with E-state index in [9.17, 15) is 4.79 Å². The van der Waals surface area contributed by atoms with Crippen molar-refractivity contribution in [3.05, 3.63) is 0 Å². The van der Waals surface area contributed by atoms with E-state index in [0.717, 1.165) is 6.29 Å². The predicted octanol–water partition coefficient (Wildman–Crippen LogP) is 0.988. The number of ether oxygens (including phenoxy) is 3. The molecule has 1 saturated heterocycles. The molecular weight excluding hydrogens is 184 g/mol. The molecule has 14 heavy (non-hydrogen) atoms. The van der Waals surface area contributed by atoms with Crippen molar-refractivity contribution in [3.63, 3.8) is 0 Å². The normalized spacial score (nSPS) is 29.9.